The molecule has 3 aromatic rings. The minimum absolute atomic E-state index is 0.188. The lowest BCUT2D eigenvalue weighted by Gasteiger charge is -2.12. The second kappa shape index (κ2) is 8.93. The number of carboxylic acids is 1. The second-order valence-corrected chi connectivity index (χ2v) is 7.15. The smallest absolute Gasteiger partial charge is 0.335 e. The van der Waals surface area contributed by atoms with Crippen LogP contribution in [0, 0.1) is 0 Å². The van der Waals surface area contributed by atoms with Gasteiger partial charge in [-0.1, -0.05) is 48.0 Å². The molecule has 0 amide bonds. The first-order chi connectivity index (χ1) is 13.0. The van der Waals surface area contributed by atoms with E-state index in [0.717, 1.165) is 21.3 Å². The van der Waals surface area contributed by atoms with Crippen molar-refractivity contribution in [2.24, 2.45) is 0 Å². The normalized spacial score (nSPS) is 10.4. The molecule has 138 valence electrons. The Kier molecular flexibility index (Phi) is 6.37. The van der Waals surface area contributed by atoms with E-state index in [1.54, 1.807) is 6.07 Å². The van der Waals surface area contributed by atoms with Crippen molar-refractivity contribution in [2.75, 3.05) is 5.32 Å². The van der Waals surface area contributed by atoms with Gasteiger partial charge in [0, 0.05) is 6.54 Å². The van der Waals surface area contributed by atoms with Crippen LogP contribution in [-0.4, -0.2) is 11.1 Å². The lowest BCUT2D eigenvalue weighted by molar-refractivity contribution is 0.0697. The summed E-state index contributed by atoms with van der Waals surface area (Å²) < 4.78 is 6.70. The quantitative estimate of drug-likeness (QED) is 0.468. The van der Waals surface area contributed by atoms with Gasteiger partial charge in [0.25, 0.3) is 0 Å². The fourth-order valence-electron chi connectivity index (χ4n) is 2.50. The van der Waals surface area contributed by atoms with Crippen LogP contribution in [0.25, 0.3) is 0 Å². The van der Waals surface area contributed by atoms with Crippen LogP contribution in [0.4, 0.5) is 5.69 Å². The second-order valence-electron chi connectivity index (χ2n) is 5.89. The SMILES string of the molecule is O=C(O)c1ccc(Cl)c(NCc2ccc(OCc3ccccc3)c(Br)c2)c1. The van der Waals surface area contributed by atoms with E-state index in [-0.39, 0.29) is 5.56 Å². The average Bonchev–Trinajstić information content (AvgIpc) is 2.67. The number of hydrogen-bond donors (Lipinski definition) is 2. The first-order valence-corrected chi connectivity index (χ1v) is 9.42. The molecule has 0 fully saturated rings. The molecule has 0 unspecified atom stereocenters. The lowest BCUT2D eigenvalue weighted by Crippen LogP contribution is -2.03. The summed E-state index contributed by atoms with van der Waals surface area (Å²) in [6.45, 7) is 0.995. The summed E-state index contributed by atoms with van der Waals surface area (Å²) >= 11 is 9.67. The van der Waals surface area contributed by atoms with E-state index in [1.807, 2.05) is 48.5 Å². The third-order valence-electron chi connectivity index (χ3n) is 3.93. The molecule has 2 N–H and O–H groups in total. The predicted molar refractivity (Wildman–Crippen MR) is 111 cm³/mol. The summed E-state index contributed by atoms with van der Waals surface area (Å²) in [5, 5.41) is 12.7. The highest BCUT2D eigenvalue weighted by atomic mass is 79.9. The van der Waals surface area contributed by atoms with Crippen molar-refractivity contribution in [2.45, 2.75) is 13.2 Å². The molecule has 4 nitrogen and oxygen atoms in total. The molecule has 0 aromatic heterocycles. The molecule has 0 atom stereocenters. The van der Waals surface area contributed by atoms with E-state index in [2.05, 4.69) is 21.2 Å². The zero-order valence-electron chi connectivity index (χ0n) is 14.3. The van der Waals surface area contributed by atoms with Crippen molar-refractivity contribution in [1.82, 2.24) is 0 Å². The summed E-state index contributed by atoms with van der Waals surface area (Å²) in [5.41, 5.74) is 2.87. The highest BCUT2D eigenvalue weighted by molar-refractivity contribution is 9.10. The summed E-state index contributed by atoms with van der Waals surface area (Å²) in [6, 6.07) is 20.3. The van der Waals surface area contributed by atoms with E-state index in [1.165, 1.54) is 12.1 Å². The predicted octanol–water partition coefficient (Wildman–Crippen LogP) is 5.99. The maximum absolute atomic E-state index is 11.1. The Bertz CT molecular complexity index is 947. The minimum Gasteiger partial charge on any atom is -0.488 e. The van der Waals surface area contributed by atoms with Crippen LogP contribution in [0.3, 0.4) is 0 Å². The lowest BCUT2D eigenvalue weighted by atomic mass is 10.1. The van der Waals surface area contributed by atoms with Gasteiger partial charge < -0.3 is 15.2 Å². The van der Waals surface area contributed by atoms with Crippen LogP contribution in [0.15, 0.2) is 71.2 Å². The Hall–Kier alpha value is -2.50. The third kappa shape index (κ3) is 5.25. The van der Waals surface area contributed by atoms with Crippen LogP contribution in [0.2, 0.25) is 5.02 Å². The van der Waals surface area contributed by atoms with E-state index in [9.17, 15) is 4.79 Å². The monoisotopic (exact) mass is 445 g/mol. The van der Waals surface area contributed by atoms with Gasteiger partial charge in [-0.25, -0.2) is 4.79 Å². The zero-order valence-corrected chi connectivity index (χ0v) is 16.6. The van der Waals surface area contributed by atoms with Crippen molar-refractivity contribution in [3.63, 3.8) is 0 Å². The molecule has 0 spiro atoms. The summed E-state index contributed by atoms with van der Waals surface area (Å²) in [6.07, 6.45) is 0. The standard InChI is InChI=1S/C21H17BrClNO3/c22-17-10-15(6-9-20(17)27-13-14-4-2-1-3-5-14)12-24-19-11-16(21(25)26)7-8-18(19)23/h1-11,24H,12-13H2,(H,25,26). The maximum Gasteiger partial charge on any atom is 0.335 e. The molecule has 6 heteroatoms. The number of aromatic carboxylic acids is 1. The molecule has 0 saturated heterocycles. The molecule has 3 rings (SSSR count). The number of carbonyl (C=O) groups is 1. The molecule has 0 aliphatic carbocycles. The number of carboxylic acid groups (broad SMARTS) is 1. The Balaban J connectivity index is 1.64. The van der Waals surface area contributed by atoms with Gasteiger partial charge in [-0.2, -0.15) is 0 Å². The summed E-state index contributed by atoms with van der Waals surface area (Å²) in [5.74, 6) is -0.231. The topological polar surface area (TPSA) is 58.6 Å². The van der Waals surface area contributed by atoms with Gasteiger partial charge in [-0.3, -0.25) is 0 Å². The van der Waals surface area contributed by atoms with Crippen LogP contribution in [0.5, 0.6) is 5.75 Å². The van der Waals surface area contributed by atoms with Crippen molar-refractivity contribution in [3.05, 3.63) is 92.9 Å². The van der Waals surface area contributed by atoms with Crippen molar-refractivity contribution < 1.29 is 14.6 Å². The first-order valence-electron chi connectivity index (χ1n) is 8.25. The number of halogens is 2. The Morgan fingerprint density at radius 2 is 1.81 bits per heavy atom. The number of benzene rings is 3. The highest BCUT2D eigenvalue weighted by Crippen LogP contribution is 2.28. The largest absolute Gasteiger partial charge is 0.488 e. The van der Waals surface area contributed by atoms with Crippen molar-refractivity contribution in [1.29, 1.82) is 0 Å². The van der Waals surface area contributed by atoms with E-state index < -0.39 is 5.97 Å². The number of nitrogens with one attached hydrogen (secondary N) is 1. The van der Waals surface area contributed by atoms with Crippen LogP contribution < -0.4 is 10.1 Å². The van der Waals surface area contributed by atoms with E-state index >= 15 is 0 Å². The molecule has 0 bridgehead atoms. The van der Waals surface area contributed by atoms with Crippen molar-refractivity contribution >= 4 is 39.2 Å². The van der Waals surface area contributed by atoms with Crippen LogP contribution in [-0.2, 0) is 13.2 Å². The number of hydrogen-bond acceptors (Lipinski definition) is 3. The Morgan fingerprint density at radius 3 is 2.52 bits per heavy atom. The third-order valence-corrected chi connectivity index (χ3v) is 4.88. The molecule has 0 heterocycles. The van der Waals surface area contributed by atoms with Gasteiger partial charge in [0.15, 0.2) is 0 Å². The summed E-state index contributed by atoms with van der Waals surface area (Å²) in [7, 11) is 0. The number of ether oxygens (including phenoxy) is 1. The molecule has 3 aromatic carbocycles. The molecule has 0 aliphatic heterocycles. The molecule has 0 aliphatic rings. The first kappa shape index (κ1) is 19.3. The zero-order chi connectivity index (χ0) is 19.2. The maximum atomic E-state index is 11.1. The fourth-order valence-corrected chi connectivity index (χ4v) is 3.22. The van der Waals surface area contributed by atoms with Gasteiger partial charge in [0.05, 0.1) is 20.7 Å². The van der Waals surface area contributed by atoms with E-state index in [0.29, 0.717) is 23.9 Å². The highest BCUT2D eigenvalue weighted by Gasteiger charge is 2.08. The van der Waals surface area contributed by atoms with E-state index in [4.69, 9.17) is 21.4 Å². The average molecular weight is 447 g/mol. The Morgan fingerprint density at radius 1 is 1.04 bits per heavy atom. The summed E-state index contributed by atoms with van der Waals surface area (Å²) in [4.78, 5) is 11.1. The molecule has 0 saturated carbocycles. The molecule has 0 radical (unpaired) electrons. The molecular formula is C21H17BrClNO3. The number of rotatable bonds is 7. The van der Waals surface area contributed by atoms with Gasteiger partial charge in [-0.15, -0.1) is 0 Å². The van der Waals surface area contributed by atoms with Gasteiger partial charge in [-0.05, 0) is 57.4 Å². The fraction of sp³-hybridized carbons (Fsp3) is 0.0952. The van der Waals surface area contributed by atoms with Gasteiger partial charge >= 0.3 is 5.97 Å². The molecule has 27 heavy (non-hydrogen) atoms. The van der Waals surface area contributed by atoms with Gasteiger partial charge in [0.2, 0.25) is 0 Å². The van der Waals surface area contributed by atoms with Crippen molar-refractivity contribution in [3.8, 4) is 5.75 Å². The van der Waals surface area contributed by atoms with Crippen LogP contribution >= 0.6 is 27.5 Å². The Labute approximate surface area is 170 Å². The number of anilines is 1. The minimum atomic E-state index is -0.989. The van der Waals surface area contributed by atoms with Crippen LogP contribution in [0.1, 0.15) is 21.5 Å². The van der Waals surface area contributed by atoms with Gasteiger partial charge in [0.1, 0.15) is 12.4 Å². The molecular weight excluding hydrogens is 430 g/mol.